The molecule has 3 rings (SSSR count). The van der Waals surface area contributed by atoms with Gasteiger partial charge >= 0.3 is 0 Å². The van der Waals surface area contributed by atoms with Crippen LogP contribution in [0.25, 0.3) is 10.8 Å². The van der Waals surface area contributed by atoms with E-state index < -0.39 is 0 Å². The van der Waals surface area contributed by atoms with E-state index in [2.05, 4.69) is 29.6 Å². The summed E-state index contributed by atoms with van der Waals surface area (Å²) in [5.74, 6) is 0. The van der Waals surface area contributed by atoms with Gasteiger partial charge in [0.05, 0.1) is 12.1 Å². The van der Waals surface area contributed by atoms with E-state index in [-0.39, 0.29) is 12.1 Å². The predicted octanol–water partition coefficient (Wildman–Crippen LogP) is 1.84. The number of benzene rings is 2. The SMILES string of the molecule is O[C@@H]1CN[C@H]1c1cccc2ccccc12. The van der Waals surface area contributed by atoms with Crippen molar-refractivity contribution in [2.24, 2.45) is 0 Å². The van der Waals surface area contributed by atoms with Crippen LogP contribution >= 0.6 is 0 Å². The molecule has 0 spiro atoms. The highest BCUT2D eigenvalue weighted by atomic mass is 16.3. The molecule has 1 heterocycles. The molecule has 1 aliphatic rings. The Bertz CT molecular complexity index is 489. The second kappa shape index (κ2) is 3.33. The van der Waals surface area contributed by atoms with Crippen molar-refractivity contribution in [1.82, 2.24) is 5.32 Å². The van der Waals surface area contributed by atoms with E-state index in [0.29, 0.717) is 6.54 Å². The van der Waals surface area contributed by atoms with Crippen molar-refractivity contribution in [2.75, 3.05) is 6.54 Å². The lowest BCUT2D eigenvalue weighted by molar-refractivity contribution is 0.0618. The fraction of sp³-hybridized carbons (Fsp3) is 0.231. The maximum Gasteiger partial charge on any atom is 0.0859 e. The zero-order chi connectivity index (χ0) is 10.3. The number of fused-ring (bicyclic) bond motifs is 1. The van der Waals surface area contributed by atoms with Crippen LogP contribution in [0.5, 0.6) is 0 Å². The molecule has 1 saturated heterocycles. The molecular weight excluding hydrogens is 186 g/mol. The lowest BCUT2D eigenvalue weighted by atomic mass is 9.91. The average Bonchev–Trinajstić information content (AvgIpc) is 2.28. The molecule has 2 aromatic rings. The Balaban J connectivity index is 2.17. The average molecular weight is 199 g/mol. The molecule has 2 heteroatoms. The summed E-state index contributed by atoms with van der Waals surface area (Å²) < 4.78 is 0. The van der Waals surface area contributed by atoms with E-state index in [1.54, 1.807) is 0 Å². The number of rotatable bonds is 1. The van der Waals surface area contributed by atoms with Crippen molar-refractivity contribution in [3.8, 4) is 0 Å². The number of hydrogen-bond donors (Lipinski definition) is 2. The molecule has 1 aliphatic heterocycles. The van der Waals surface area contributed by atoms with Gasteiger partial charge in [0, 0.05) is 6.54 Å². The fourth-order valence-electron chi connectivity index (χ4n) is 2.18. The summed E-state index contributed by atoms with van der Waals surface area (Å²) in [4.78, 5) is 0. The minimum Gasteiger partial charge on any atom is -0.390 e. The van der Waals surface area contributed by atoms with Gasteiger partial charge in [0.2, 0.25) is 0 Å². The summed E-state index contributed by atoms with van der Waals surface area (Å²) in [6, 6.07) is 14.6. The molecule has 0 amide bonds. The lowest BCUT2D eigenvalue weighted by Gasteiger charge is -2.35. The standard InChI is InChI=1S/C13H13NO/c15-12-8-14-13(12)11-7-3-5-9-4-1-2-6-10(9)11/h1-7,12-15H,8H2/t12-,13+/m1/s1. The zero-order valence-electron chi connectivity index (χ0n) is 8.35. The number of β-amino-alcohol motifs (C(OH)–C–C–N with tert-alkyl or cyclic N) is 1. The van der Waals surface area contributed by atoms with Gasteiger partial charge in [0.25, 0.3) is 0 Å². The molecule has 76 valence electrons. The van der Waals surface area contributed by atoms with Crippen molar-refractivity contribution in [3.63, 3.8) is 0 Å². The maximum atomic E-state index is 9.66. The summed E-state index contributed by atoms with van der Waals surface area (Å²) in [6.45, 7) is 0.702. The second-order valence-corrected chi connectivity index (χ2v) is 4.02. The van der Waals surface area contributed by atoms with Crippen LogP contribution < -0.4 is 5.32 Å². The molecule has 15 heavy (non-hydrogen) atoms. The number of aliphatic hydroxyl groups excluding tert-OH is 1. The number of hydrogen-bond acceptors (Lipinski definition) is 2. The summed E-state index contributed by atoms with van der Waals surface area (Å²) in [5.41, 5.74) is 1.20. The van der Waals surface area contributed by atoms with E-state index in [4.69, 9.17) is 0 Å². The Labute approximate surface area is 88.5 Å². The van der Waals surface area contributed by atoms with Gasteiger partial charge in [-0.25, -0.2) is 0 Å². The first kappa shape index (κ1) is 8.89. The molecule has 0 aromatic heterocycles. The van der Waals surface area contributed by atoms with Gasteiger partial charge in [-0.05, 0) is 16.3 Å². The van der Waals surface area contributed by atoms with Crippen molar-refractivity contribution >= 4 is 10.8 Å². The topological polar surface area (TPSA) is 32.3 Å². The van der Waals surface area contributed by atoms with Gasteiger partial charge in [-0.2, -0.15) is 0 Å². The third kappa shape index (κ3) is 1.34. The van der Waals surface area contributed by atoms with Crippen LogP contribution in [0.4, 0.5) is 0 Å². The third-order valence-corrected chi connectivity index (χ3v) is 3.09. The molecule has 0 aliphatic carbocycles. The largest absolute Gasteiger partial charge is 0.390 e. The normalized spacial score (nSPS) is 25.1. The Hall–Kier alpha value is -1.38. The monoisotopic (exact) mass is 199 g/mol. The summed E-state index contributed by atoms with van der Waals surface area (Å²) in [5, 5.41) is 15.4. The molecule has 0 saturated carbocycles. The minimum atomic E-state index is -0.240. The summed E-state index contributed by atoms with van der Waals surface area (Å²) >= 11 is 0. The smallest absolute Gasteiger partial charge is 0.0859 e. The Morgan fingerprint density at radius 2 is 1.87 bits per heavy atom. The Kier molecular flexibility index (Phi) is 1.97. The van der Waals surface area contributed by atoms with Crippen LogP contribution in [0, 0.1) is 0 Å². The molecule has 0 unspecified atom stereocenters. The lowest BCUT2D eigenvalue weighted by Crippen LogP contribution is -2.50. The number of nitrogens with one attached hydrogen (secondary N) is 1. The van der Waals surface area contributed by atoms with Crippen molar-refractivity contribution < 1.29 is 5.11 Å². The van der Waals surface area contributed by atoms with E-state index in [1.165, 1.54) is 16.3 Å². The first-order valence-electron chi connectivity index (χ1n) is 5.25. The first-order valence-corrected chi connectivity index (χ1v) is 5.25. The zero-order valence-corrected chi connectivity index (χ0v) is 8.35. The molecule has 2 aromatic carbocycles. The van der Waals surface area contributed by atoms with Gasteiger partial charge in [0.15, 0.2) is 0 Å². The van der Waals surface area contributed by atoms with E-state index in [1.807, 2.05) is 18.2 Å². The van der Waals surface area contributed by atoms with Crippen LogP contribution in [-0.2, 0) is 0 Å². The maximum absolute atomic E-state index is 9.66. The molecule has 2 nitrogen and oxygen atoms in total. The highest BCUT2D eigenvalue weighted by Gasteiger charge is 2.30. The van der Waals surface area contributed by atoms with E-state index >= 15 is 0 Å². The van der Waals surface area contributed by atoms with E-state index in [0.717, 1.165) is 0 Å². The first-order chi connectivity index (χ1) is 7.36. The van der Waals surface area contributed by atoms with Gasteiger partial charge in [-0.1, -0.05) is 42.5 Å². The predicted molar refractivity (Wildman–Crippen MR) is 60.7 cm³/mol. The molecular formula is C13H13NO. The van der Waals surface area contributed by atoms with Crippen molar-refractivity contribution in [3.05, 3.63) is 48.0 Å². The molecule has 2 N–H and O–H groups in total. The van der Waals surface area contributed by atoms with Crippen LogP contribution in [0.15, 0.2) is 42.5 Å². The molecule has 0 radical (unpaired) electrons. The number of aliphatic hydroxyl groups is 1. The summed E-state index contributed by atoms with van der Waals surface area (Å²) in [7, 11) is 0. The Morgan fingerprint density at radius 3 is 2.60 bits per heavy atom. The van der Waals surface area contributed by atoms with Crippen molar-refractivity contribution in [2.45, 2.75) is 12.1 Å². The molecule has 1 fully saturated rings. The highest BCUT2D eigenvalue weighted by molar-refractivity contribution is 5.86. The molecule has 2 atom stereocenters. The fourth-order valence-corrected chi connectivity index (χ4v) is 2.18. The quantitative estimate of drug-likeness (QED) is 0.734. The van der Waals surface area contributed by atoms with Gasteiger partial charge in [-0.3, -0.25) is 0 Å². The van der Waals surface area contributed by atoms with Gasteiger partial charge in [0.1, 0.15) is 0 Å². The third-order valence-electron chi connectivity index (χ3n) is 3.09. The second-order valence-electron chi connectivity index (χ2n) is 4.02. The van der Waals surface area contributed by atoms with Crippen LogP contribution in [0.3, 0.4) is 0 Å². The summed E-state index contributed by atoms with van der Waals surface area (Å²) in [6.07, 6.45) is -0.240. The minimum absolute atomic E-state index is 0.107. The van der Waals surface area contributed by atoms with Crippen LogP contribution in [0.2, 0.25) is 0 Å². The Morgan fingerprint density at radius 1 is 1.07 bits per heavy atom. The highest BCUT2D eigenvalue weighted by Crippen LogP contribution is 2.29. The van der Waals surface area contributed by atoms with Gasteiger partial charge in [-0.15, -0.1) is 0 Å². The molecule has 0 bridgehead atoms. The van der Waals surface area contributed by atoms with Crippen LogP contribution in [0.1, 0.15) is 11.6 Å². The van der Waals surface area contributed by atoms with Crippen molar-refractivity contribution in [1.29, 1.82) is 0 Å². The van der Waals surface area contributed by atoms with E-state index in [9.17, 15) is 5.11 Å². The van der Waals surface area contributed by atoms with Crippen LogP contribution in [-0.4, -0.2) is 17.8 Å². The van der Waals surface area contributed by atoms with Gasteiger partial charge < -0.3 is 10.4 Å².